The van der Waals surface area contributed by atoms with Crippen LogP contribution in [0.4, 0.5) is 0 Å². The summed E-state index contributed by atoms with van der Waals surface area (Å²) in [5, 5.41) is 3.30. The molecule has 0 bridgehead atoms. The topological polar surface area (TPSA) is 35.6 Å². The molecule has 104 valence electrons. The van der Waals surface area contributed by atoms with Gasteiger partial charge in [-0.25, -0.2) is 0 Å². The highest BCUT2D eigenvalue weighted by Gasteiger charge is 2.31. The monoisotopic (exact) mass is 253 g/mol. The Bertz CT molecular complexity index is 270. The first kappa shape index (κ1) is 13.8. The lowest BCUT2D eigenvalue weighted by molar-refractivity contribution is -0.137. The maximum absolute atomic E-state index is 12.5. The Morgan fingerprint density at radius 2 is 1.94 bits per heavy atom. The second-order valence-electron chi connectivity index (χ2n) is 5.52. The third kappa shape index (κ3) is 3.04. The van der Waals surface area contributed by atoms with Gasteiger partial charge < -0.3 is 10.2 Å². The number of carbonyl (C=O) groups is 1. The molecule has 1 heterocycles. The molecule has 1 amide bonds. The number of nitrogens with zero attached hydrogens (tertiary/aromatic N) is 2. The predicted octanol–water partition coefficient (Wildman–Crippen LogP) is 1.07. The molecule has 1 aliphatic carbocycles. The lowest BCUT2D eigenvalue weighted by Gasteiger charge is -2.37. The minimum Gasteiger partial charge on any atom is -0.339 e. The molecule has 4 nitrogen and oxygen atoms in total. The average molecular weight is 253 g/mol. The molecule has 0 aromatic heterocycles. The Morgan fingerprint density at radius 1 is 1.33 bits per heavy atom. The summed E-state index contributed by atoms with van der Waals surface area (Å²) < 4.78 is 0. The number of piperazine rings is 1. The molecule has 1 unspecified atom stereocenters. The third-order valence-corrected chi connectivity index (χ3v) is 4.44. The first-order valence-corrected chi connectivity index (χ1v) is 7.49. The van der Waals surface area contributed by atoms with Crippen molar-refractivity contribution in [1.29, 1.82) is 0 Å². The molecule has 0 aromatic rings. The highest BCUT2D eigenvalue weighted by atomic mass is 16.2. The molecule has 2 rings (SSSR count). The van der Waals surface area contributed by atoms with Crippen molar-refractivity contribution in [3.63, 3.8) is 0 Å². The summed E-state index contributed by atoms with van der Waals surface area (Å²) in [5.41, 5.74) is 0. The fourth-order valence-corrected chi connectivity index (χ4v) is 3.38. The molecule has 18 heavy (non-hydrogen) atoms. The van der Waals surface area contributed by atoms with Gasteiger partial charge in [0.25, 0.3) is 0 Å². The van der Waals surface area contributed by atoms with Gasteiger partial charge >= 0.3 is 0 Å². The summed E-state index contributed by atoms with van der Waals surface area (Å²) in [7, 11) is 0. The molecule has 4 heteroatoms. The number of nitrogens with one attached hydrogen (secondary N) is 1. The second-order valence-corrected chi connectivity index (χ2v) is 5.52. The van der Waals surface area contributed by atoms with Crippen LogP contribution in [0.25, 0.3) is 0 Å². The Labute approximate surface area is 111 Å². The van der Waals surface area contributed by atoms with Gasteiger partial charge in [-0.1, -0.05) is 19.8 Å². The summed E-state index contributed by atoms with van der Waals surface area (Å²) in [5.74, 6) is 0.324. The highest BCUT2D eigenvalue weighted by Crippen LogP contribution is 2.25. The van der Waals surface area contributed by atoms with Crippen LogP contribution in [0.3, 0.4) is 0 Å². The number of rotatable bonds is 4. The van der Waals surface area contributed by atoms with Crippen molar-refractivity contribution in [2.45, 2.75) is 51.6 Å². The quantitative estimate of drug-likeness (QED) is 0.814. The van der Waals surface area contributed by atoms with Crippen LogP contribution in [-0.2, 0) is 4.79 Å². The van der Waals surface area contributed by atoms with Crippen LogP contribution in [0.2, 0.25) is 0 Å². The summed E-state index contributed by atoms with van der Waals surface area (Å²) in [6.45, 7) is 8.87. The molecule has 0 spiro atoms. The SMILES string of the molecule is CCN(C1CCCC1)C(C)C(=O)N1CCNCC1. The summed E-state index contributed by atoms with van der Waals surface area (Å²) in [6, 6.07) is 0.688. The summed E-state index contributed by atoms with van der Waals surface area (Å²) in [6.07, 6.45) is 5.20. The fraction of sp³-hybridized carbons (Fsp3) is 0.929. The van der Waals surface area contributed by atoms with Gasteiger partial charge in [0.2, 0.25) is 5.91 Å². The van der Waals surface area contributed by atoms with Crippen LogP contribution in [0, 0.1) is 0 Å². The van der Waals surface area contributed by atoms with Crippen molar-refractivity contribution in [2.24, 2.45) is 0 Å². The average Bonchev–Trinajstić information content (AvgIpc) is 2.93. The molecule has 2 aliphatic rings. The van der Waals surface area contributed by atoms with E-state index in [1.165, 1.54) is 25.7 Å². The Hall–Kier alpha value is -0.610. The van der Waals surface area contributed by atoms with Gasteiger partial charge in [0.05, 0.1) is 6.04 Å². The highest BCUT2D eigenvalue weighted by molar-refractivity contribution is 5.81. The first-order valence-electron chi connectivity index (χ1n) is 7.49. The van der Waals surface area contributed by atoms with Crippen LogP contribution < -0.4 is 5.32 Å². The molecule has 0 radical (unpaired) electrons. The van der Waals surface area contributed by atoms with E-state index in [0.29, 0.717) is 11.9 Å². The normalized spacial score (nSPS) is 23.6. The zero-order valence-electron chi connectivity index (χ0n) is 11.8. The standard InChI is InChI=1S/C14H27N3O/c1-3-17(13-6-4-5-7-13)12(2)14(18)16-10-8-15-9-11-16/h12-13,15H,3-11H2,1-2H3. The summed E-state index contributed by atoms with van der Waals surface area (Å²) in [4.78, 5) is 17.0. The van der Waals surface area contributed by atoms with Crippen LogP contribution >= 0.6 is 0 Å². The number of hydrogen-bond donors (Lipinski definition) is 1. The molecule has 1 N–H and O–H groups in total. The zero-order valence-corrected chi connectivity index (χ0v) is 11.8. The van der Waals surface area contributed by atoms with Crippen LogP contribution in [0.1, 0.15) is 39.5 Å². The molecule has 0 aromatic carbocycles. The van der Waals surface area contributed by atoms with Crippen molar-refractivity contribution in [3.8, 4) is 0 Å². The fourth-order valence-electron chi connectivity index (χ4n) is 3.38. The van der Waals surface area contributed by atoms with E-state index in [4.69, 9.17) is 0 Å². The van der Waals surface area contributed by atoms with Gasteiger partial charge in [-0.3, -0.25) is 9.69 Å². The van der Waals surface area contributed by atoms with E-state index in [1.807, 2.05) is 4.90 Å². The van der Waals surface area contributed by atoms with Crippen molar-refractivity contribution >= 4 is 5.91 Å². The third-order valence-electron chi connectivity index (χ3n) is 4.44. The molecule has 1 saturated heterocycles. The molecule has 1 atom stereocenters. The van der Waals surface area contributed by atoms with Gasteiger partial charge in [0.15, 0.2) is 0 Å². The van der Waals surface area contributed by atoms with Gasteiger partial charge in [-0.15, -0.1) is 0 Å². The van der Waals surface area contributed by atoms with E-state index in [0.717, 1.165) is 32.7 Å². The maximum atomic E-state index is 12.5. The smallest absolute Gasteiger partial charge is 0.239 e. The number of amides is 1. The number of likely N-dealkylation sites (N-methyl/N-ethyl adjacent to an activating group) is 1. The lowest BCUT2D eigenvalue weighted by atomic mass is 10.1. The molecule has 1 saturated carbocycles. The Balaban J connectivity index is 1.94. The molecular weight excluding hydrogens is 226 g/mol. The Morgan fingerprint density at radius 3 is 2.50 bits per heavy atom. The molecule has 2 fully saturated rings. The van der Waals surface area contributed by atoms with E-state index in [1.54, 1.807) is 0 Å². The summed E-state index contributed by atoms with van der Waals surface area (Å²) >= 11 is 0. The zero-order chi connectivity index (χ0) is 13.0. The maximum Gasteiger partial charge on any atom is 0.239 e. The lowest BCUT2D eigenvalue weighted by Crippen LogP contribution is -2.54. The van der Waals surface area contributed by atoms with Crippen molar-refractivity contribution in [3.05, 3.63) is 0 Å². The van der Waals surface area contributed by atoms with Crippen molar-refractivity contribution < 1.29 is 4.79 Å². The van der Waals surface area contributed by atoms with E-state index in [2.05, 4.69) is 24.1 Å². The molecular formula is C14H27N3O. The van der Waals surface area contributed by atoms with Gasteiger partial charge in [0.1, 0.15) is 0 Å². The van der Waals surface area contributed by atoms with Gasteiger partial charge in [-0.2, -0.15) is 0 Å². The molecule has 1 aliphatic heterocycles. The largest absolute Gasteiger partial charge is 0.339 e. The van der Waals surface area contributed by atoms with Crippen molar-refractivity contribution in [2.75, 3.05) is 32.7 Å². The van der Waals surface area contributed by atoms with Crippen LogP contribution in [0.15, 0.2) is 0 Å². The van der Waals surface area contributed by atoms with E-state index in [-0.39, 0.29) is 6.04 Å². The predicted molar refractivity (Wildman–Crippen MR) is 73.5 cm³/mol. The Kier molecular flexibility index (Phi) is 5.01. The minimum absolute atomic E-state index is 0.0520. The van der Waals surface area contributed by atoms with E-state index < -0.39 is 0 Å². The number of hydrogen-bond acceptors (Lipinski definition) is 3. The number of carbonyl (C=O) groups excluding carboxylic acids is 1. The van der Waals surface area contributed by atoms with Crippen LogP contribution in [0.5, 0.6) is 0 Å². The first-order chi connectivity index (χ1) is 8.74. The van der Waals surface area contributed by atoms with E-state index in [9.17, 15) is 4.79 Å². The van der Waals surface area contributed by atoms with Gasteiger partial charge in [0, 0.05) is 32.2 Å². The van der Waals surface area contributed by atoms with Crippen molar-refractivity contribution in [1.82, 2.24) is 15.1 Å². The van der Waals surface area contributed by atoms with E-state index >= 15 is 0 Å². The second kappa shape index (κ2) is 6.53. The van der Waals surface area contributed by atoms with Crippen LogP contribution in [-0.4, -0.2) is 60.5 Å². The minimum atomic E-state index is 0.0520. The van der Waals surface area contributed by atoms with Gasteiger partial charge in [-0.05, 0) is 26.3 Å².